The molecule has 3 aromatic rings. The van der Waals surface area contributed by atoms with Crippen molar-refractivity contribution in [2.24, 2.45) is 0 Å². The second kappa shape index (κ2) is 10.6. The van der Waals surface area contributed by atoms with Gasteiger partial charge in [0.2, 0.25) is 5.91 Å². The highest BCUT2D eigenvalue weighted by Crippen LogP contribution is 2.29. The summed E-state index contributed by atoms with van der Waals surface area (Å²) in [5.74, 6) is 1.54. The molecule has 0 saturated carbocycles. The Kier molecular flexibility index (Phi) is 7.91. The van der Waals surface area contributed by atoms with Crippen molar-refractivity contribution in [3.05, 3.63) is 47.8 Å². The Balaban J connectivity index is 2.05. The summed E-state index contributed by atoms with van der Waals surface area (Å²) in [5.41, 5.74) is 2.97. The number of fused-ring (bicyclic) bond motifs is 1. The molecule has 166 valence electrons. The summed E-state index contributed by atoms with van der Waals surface area (Å²) in [4.78, 5) is 17.3. The number of amides is 1. The number of aromatic nitrogens is 2. The molecule has 2 aromatic carbocycles. The van der Waals surface area contributed by atoms with E-state index in [1.807, 2.05) is 49.6 Å². The minimum atomic E-state index is -0.221. The number of carbonyl (C=O) groups excluding carboxylic acids is 1. The van der Waals surface area contributed by atoms with E-state index >= 15 is 0 Å². The van der Waals surface area contributed by atoms with Gasteiger partial charge in [-0.25, -0.2) is 9.37 Å². The molecule has 0 spiro atoms. The molecule has 7 heteroatoms. The first-order chi connectivity index (χ1) is 14.9. The van der Waals surface area contributed by atoms with Crippen molar-refractivity contribution < 1.29 is 13.9 Å². The first-order valence-corrected chi connectivity index (χ1v) is 11.2. The van der Waals surface area contributed by atoms with Gasteiger partial charge in [0.25, 0.3) is 0 Å². The number of nitrogens with one attached hydrogen (secondary N) is 1. The van der Waals surface area contributed by atoms with E-state index in [-0.39, 0.29) is 24.3 Å². The van der Waals surface area contributed by atoms with Crippen molar-refractivity contribution in [3.8, 4) is 17.1 Å². The molecular weight excluding hydrogens is 417 g/mol. The average molecular weight is 446 g/mol. The summed E-state index contributed by atoms with van der Waals surface area (Å²) in [7, 11) is 0. The molecular formula is C24H29ClFN3O2. The largest absolute Gasteiger partial charge is 0.493 e. The van der Waals surface area contributed by atoms with Crippen LogP contribution in [0.1, 0.15) is 39.2 Å². The van der Waals surface area contributed by atoms with Crippen molar-refractivity contribution in [3.63, 3.8) is 0 Å². The zero-order chi connectivity index (χ0) is 22.4. The Labute approximate surface area is 187 Å². The molecule has 0 unspecified atom stereocenters. The molecule has 1 N–H and O–H groups in total. The summed E-state index contributed by atoms with van der Waals surface area (Å²) in [5, 5.41) is 2.93. The topological polar surface area (TPSA) is 56.2 Å². The Hall–Kier alpha value is -2.60. The number of nitrogens with zero attached hydrogens (tertiary/aromatic N) is 2. The minimum Gasteiger partial charge on any atom is -0.493 e. The van der Waals surface area contributed by atoms with E-state index in [1.165, 1.54) is 6.07 Å². The number of ether oxygens (including phenoxy) is 1. The smallest absolute Gasteiger partial charge is 0.240 e. The Morgan fingerprint density at radius 1 is 1.26 bits per heavy atom. The van der Waals surface area contributed by atoms with Crippen LogP contribution in [0.25, 0.3) is 22.4 Å². The zero-order valence-electron chi connectivity index (χ0n) is 18.3. The van der Waals surface area contributed by atoms with E-state index < -0.39 is 0 Å². The normalized spacial score (nSPS) is 11.3. The number of imidazole rings is 1. The molecule has 0 aliphatic heterocycles. The quantitative estimate of drug-likeness (QED) is 0.339. The third-order valence-corrected chi connectivity index (χ3v) is 5.11. The molecule has 0 radical (unpaired) electrons. The Morgan fingerprint density at radius 2 is 2.06 bits per heavy atom. The molecule has 5 nitrogen and oxygen atoms in total. The average Bonchev–Trinajstić information content (AvgIpc) is 3.07. The van der Waals surface area contributed by atoms with Gasteiger partial charge >= 0.3 is 0 Å². The maximum Gasteiger partial charge on any atom is 0.240 e. The van der Waals surface area contributed by atoms with Gasteiger partial charge in [0.1, 0.15) is 23.9 Å². The standard InChI is InChI=1S/C24H29ClFN3O2/c1-4-6-17-13-18(7-9-20(17)26)24-28-21-14-19(31-12-5-11-25)8-10-22(21)29(24)15-23(30)27-16(2)3/h7-10,13-14,16H,4-6,11-12,15H2,1-3H3,(H,27,30). The molecule has 1 amide bonds. The highest BCUT2D eigenvalue weighted by molar-refractivity contribution is 6.17. The van der Waals surface area contributed by atoms with Crippen molar-refractivity contribution in [2.45, 2.75) is 52.6 Å². The Bertz CT molecular complexity index is 1050. The SMILES string of the molecule is CCCc1cc(-c2nc3cc(OCCCCl)ccc3n2CC(=O)NC(C)C)ccc1F. The monoisotopic (exact) mass is 445 g/mol. The lowest BCUT2D eigenvalue weighted by Crippen LogP contribution is -2.33. The van der Waals surface area contributed by atoms with Gasteiger partial charge < -0.3 is 14.6 Å². The fourth-order valence-electron chi connectivity index (χ4n) is 3.51. The number of carbonyl (C=O) groups is 1. The van der Waals surface area contributed by atoms with Gasteiger partial charge in [-0.1, -0.05) is 13.3 Å². The van der Waals surface area contributed by atoms with Gasteiger partial charge in [-0.15, -0.1) is 11.6 Å². The first kappa shape index (κ1) is 23.1. The van der Waals surface area contributed by atoms with Crippen molar-refractivity contribution >= 4 is 28.5 Å². The second-order valence-corrected chi connectivity index (χ2v) is 8.22. The number of hydrogen-bond acceptors (Lipinski definition) is 3. The summed E-state index contributed by atoms with van der Waals surface area (Å²) in [6, 6.07) is 10.7. The van der Waals surface area contributed by atoms with Crippen molar-refractivity contribution in [1.82, 2.24) is 14.9 Å². The van der Waals surface area contributed by atoms with Gasteiger partial charge in [-0.2, -0.15) is 0 Å². The fraction of sp³-hybridized carbons (Fsp3) is 0.417. The summed E-state index contributed by atoms with van der Waals surface area (Å²) in [6.45, 7) is 6.51. The summed E-state index contributed by atoms with van der Waals surface area (Å²) in [6.07, 6.45) is 2.24. The van der Waals surface area contributed by atoms with Crippen LogP contribution >= 0.6 is 11.6 Å². The van der Waals surface area contributed by atoms with E-state index in [2.05, 4.69) is 5.32 Å². The lowest BCUT2D eigenvalue weighted by molar-refractivity contribution is -0.122. The Morgan fingerprint density at radius 3 is 2.77 bits per heavy atom. The minimum absolute atomic E-state index is 0.0367. The molecule has 0 atom stereocenters. The van der Waals surface area contributed by atoms with Gasteiger partial charge in [0, 0.05) is 23.6 Å². The highest BCUT2D eigenvalue weighted by Gasteiger charge is 2.17. The lowest BCUT2D eigenvalue weighted by Gasteiger charge is -2.13. The number of aryl methyl sites for hydroxylation is 1. The molecule has 0 aliphatic rings. The third-order valence-electron chi connectivity index (χ3n) is 4.84. The van der Waals surface area contributed by atoms with Crippen LogP contribution in [0, 0.1) is 5.82 Å². The van der Waals surface area contributed by atoms with E-state index in [4.69, 9.17) is 21.3 Å². The van der Waals surface area contributed by atoms with Gasteiger partial charge in [0.15, 0.2) is 0 Å². The van der Waals surface area contributed by atoms with Crippen molar-refractivity contribution in [2.75, 3.05) is 12.5 Å². The zero-order valence-corrected chi connectivity index (χ0v) is 19.0. The summed E-state index contributed by atoms with van der Waals surface area (Å²) < 4.78 is 21.8. The maximum atomic E-state index is 14.2. The van der Waals surface area contributed by atoms with Crippen LogP contribution in [0.5, 0.6) is 5.75 Å². The van der Waals surface area contributed by atoms with Crippen LogP contribution in [0.3, 0.4) is 0 Å². The maximum absolute atomic E-state index is 14.2. The van der Waals surface area contributed by atoms with Crippen LogP contribution in [0.4, 0.5) is 4.39 Å². The highest BCUT2D eigenvalue weighted by atomic mass is 35.5. The second-order valence-electron chi connectivity index (χ2n) is 7.84. The summed E-state index contributed by atoms with van der Waals surface area (Å²) >= 11 is 5.73. The lowest BCUT2D eigenvalue weighted by atomic mass is 10.1. The molecule has 31 heavy (non-hydrogen) atoms. The van der Waals surface area contributed by atoms with E-state index in [9.17, 15) is 9.18 Å². The fourth-order valence-corrected chi connectivity index (χ4v) is 3.62. The third kappa shape index (κ3) is 5.76. The number of rotatable bonds is 10. The molecule has 0 fully saturated rings. The molecule has 0 saturated heterocycles. The van der Waals surface area contributed by atoms with Crippen LogP contribution < -0.4 is 10.1 Å². The molecule has 1 heterocycles. The number of benzene rings is 2. The number of halogens is 2. The van der Waals surface area contributed by atoms with Crippen LogP contribution in [0.15, 0.2) is 36.4 Å². The predicted molar refractivity (Wildman–Crippen MR) is 123 cm³/mol. The van der Waals surface area contributed by atoms with Gasteiger partial charge in [-0.3, -0.25) is 4.79 Å². The molecule has 0 bridgehead atoms. The van der Waals surface area contributed by atoms with Gasteiger partial charge in [0.05, 0.1) is 17.6 Å². The number of alkyl halides is 1. The molecule has 1 aromatic heterocycles. The van der Waals surface area contributed by atoms with E-state index in [1.54, 1.807) is 6.07 Å². The van der Waals surface area contributed by atoms with Crippen LogP contribution in [0.2, 0.25) is 0 Å². The molecule has 0 aliphatic carbocycles. The van der Waals surface area contributed by atoms with Crippen LogP contribution in [-0.4, -0.2) is 34.0 Å². The van der Waals surface area contributed by atoms with Gasteiger partial charge in [-0.05, 0) is 62.6 Å². The van der Waals surface area contributed by atoms with Crippen LogP contribution in [-0.2, 0) is 17.8 Å². The first-order valence-electron chi connectivity index (χ1n) is 10.7. The van der Waals surface area contributed by atoms with Crippen molar-refractivity contribution in [1.29, 1.82) is 0 Å². The number of hydrogen-bond donors (Lipinski definition) is 1. The van der Waals surface area contributed by atoms with E-state index in [0.29, 0.717) is 36.0 Å². The van der Waals surface area contributed by atoms with E-state index in [0.717, 1.165) is 29.4 Å². The predicted octanol–water partition coefficient (Wildman–Crippen LogP) is 5.33. The molecule has 3 rings (SSSR count).